The van der Waals surface area contributed by atoms with Gasteiger partial charge in [-0.05, 0) is 41.0 Å². The van der Waals surface area contributed by atoms with Crippen LogP contribution in [0.3, 0.4) is 0 Å². The summed E-state index contributed by atoms with van der Waals surface area (Å²) in [5, 5.41) is 8.80. The zero-order valence-electron chi connectivity index (χ0n) is 16.0. The molecule has 2 aromatic carbocycles. The Morgan fingerprint density at radius 1 is 1.11 bits per heavy atom. The molecule has 2 N–H and O–H groups in total. The predicted molar refractivity (Wildman–Crippen MR) is 108 cm³/mol. The molecular weight excluding hydrogens is 350 g/mol. The largest absolute Gasteiger partial charge is 0.359 e. The molecule has 1 aliphatic heterocycles. The van der Waals surface area contributed by atoms with Crippen molar-refractivity contribution in [1.29, 1.82) is 0 Å². The first-order valence-corrected chi connectivity index (χ1v) is 9.32. The smallest absolute Gasteiger partial charge is 0.274 e. The number of amides is 1. The molecule has 1 amide bonds. The minimum atomic E-state index is -0.507. The third kappa shape index (κ3) is 3.04. The van der Waals surface area contributed by atoms with Gasteiger partial charge in [-0.2, -0.15) is 0 Å². The van der Waals surface area contributed by atoms with Crippen molar-refractivity contribution >= 4 is 11.6 Å². The van der Waals surface area contributed by atoms with Gasteiger partial charge in [-0.3, -0.25) is 15.0 Å². The van der Waals surface area contributed by atoms with Crippen molar-refractivity contribution in [3.05, 3.63) is 95.3 Å². The Morgan fingerprint density at radius 2 is 1.86 bits per heavy atom. The number of hydrogen-bond acceptors (Lipinski definition) is 4. The molecule has 5 heteroatoms. The number of para-hydroxylation sites is 1. The van der Waals surface area contributed by atoms with Crippen LogP contribution in [-0.2, 0) is 12.0 Å². The molecule has 5 nitrogen and oxygen atoms in total. The Hall–Kier alpha value is -3.18. The summed E-state index contributed by atoms with van der Waals surface area (Å²) in [5.74, 6) is -0.507. The fraction of sp³-hybridized carbons (Fsp3) is 0.217. The highest BCUT2D eigenvalue weighted by molar-refractivity contribution is 5.93. The lowest BCUT2D eigenvalue weighted by atomic mass is 9.78. The highest BCUT2D eigenvalue weighted by Crippen LogP contribution is 2.52. The Morgan fingerprint density at radius 3 is 2.54 bits per heavy atom. The third-order valence-electron chi connectivity index (χ3n) is 5.57. The first-order chi connectivity index (χ1) is 13.5. The second-order valence-electron chi connectivity index (χ2n) is 7.69. The molecule has 4 rings (SSSR count). The Labute approximate surface area is 164 Å². The SMILES string of the molecule is CC1(C)c2ccccc2N(Cc2ccc(C(=O)NO)cc2)C1c1cccnc1. The summed E-state index contributed by atoms with van der Waals surface area (Å²) in [6.45, 7) is 5.26. The summed E-state index contributed by atoms with van der Waals surface area (Å²) in [6, 6.07) is 20.1. The molecule has 142 valence electrons. The van der Waals surface area contributed by atoms with Gasteiger partial charge in [0.15, 0.2) is 0 Å². The number of pyridine rings is 1. The molecule has 0 radical (unpaired) electrons. The molecule has 1 atom stereocenters. The van der Waals surface area contributed by atoms with E-state index in [9.17, 15) is 4.79 Å². The molecule has 0 saturated heterocycles. The fourth-order valence-corrected chi connectivity index (χ4v) is 4.28. The van der Waals surface area contributed by atoms with Crippen LogP contribution in [0.4, 0.5) is 5.69 Å². The van der Waals surface area contributed by atoms with Gasteiger partial charge in [0.2, 0.25) is 0 Å². The Kier molecular flexibility index (Phi) is 4.61. The van der Waals surface area contributed by atoms with Crippen LogP contribution in [-0.4, -0.2) is 16.1 Å². The number of aromatic nitrogens is 1. The Balaban J connectivity index is 1.73. The highest BCUT2D eigenvalue weighted by Gasteiger charge is 2.45. The summed E-state index contributed by atoms with van der Waals surface area (Å²) in [7, 11) is 0. The number of nitrogens with one attached hydrogen (secondary N) is 1. The van der Waals surface area contributed by atoms with Crippen molar-refractivity contribution in [3.63, 3.8) is 0 Å². The molecule has 3 aromatic rings. The van der Waals surface area contributed by atoms with Gasteiger partial charge in [-0.25, -0.2) is 5.48 Å². The second-order valence-corrected chi connectivity index (χ2v) is 7.69. The lowest BCUT2D eigenvalue weighted by Crippen LogP contribution is -2.33. The van der Waals surface area contributed by atoms with Crippen LogP contribution in [0.2, 0.25) is 0 Å². The maximum absolute atomic E-state index is 11.6. The van der Waals surface area contributed by atoms with E-state index >= 15 is 0 Å². The van der Waals surface area contributed by atoms with Gasteiger partial charge in [-0.15, -0.1) is 0 Å². The highest BCUT2D eigenvalue weighted by atomic mass is 16.5. The van der Waals surface area contributed by atoms with E-state index < -0.39 is 5.91 Å². The second kappa shape index (κ2) is 7.09. The fourth-order valence-electron chi connectivity index (χ4n) is 4.28. The maximum Gasteiger partial charge on any atom is 0.274 e. The van der Waals surface area contributed by atoms with Gasteiger partial charge >= 0.3 is 0 Å². The number of nitrogens with zero attached hydrogens (tertiary/aromatic N) is 2. The average Bonchev–Trinajstić information content (AvgIpc) is 2.95. The van der Waals surface area contributed by atoms with Gasteiger partial charge in [-0.1, -0.05) is 50.2 Å². The zero-order valence-corrected chi connectivity index (χ0v) is 16.0. The minimum Gasteiger partial charge on any atom is -0.359 e. The summed E-state index contributed by atoms with van der Waals surface area (Å²) in [5.41, 5.74) is 6.84. The standard InChI is InChI=1S/C23H23N3O2/c1-23(2)19-7-3-4-8-20(19)26(21(23)18-6-5-13-24-14-18)15-16-9-11-17(12-10-16)22(27)25-28/h3-14,21,28H,15H2,1-2H3,(H,25,27). The number of fused-ring (bicyclic) bond motifs is 1. The summed E-state index contributed by atoms with van der Waals surface area (Å²) in [4.78, 5) is 18.3. The first-order valence-electron chi connectivity index (χ1n) is 9.32. The maximum atomic E-state index is 11.6. The lowest BCUT2D eigenvalue weighted by molar-refractivity contribution is 0.0706. The van der Waals surface area contributed by atoms with Crippen LogP contribution in [0, 0.1) is 0 Å². The van der Waals surface area contributed by atoms with Crippen molar-refractivity contribution in [3.8, 4) is 0 Å². The lowest BCUT2D eigenvalue weighted by Gasteiger charge is -2.35. The van der Waals surface area contributed by atoms with Crippen molar-refractivity contribution in [2.24, 2.45) is 0 Å². The topological polar surface area (TPSA) is 65.5 Å². The summed E-state index contributed by atoms with van der Waals surface area (Å²) in [6.07, 6.45) is 3.74. The quantitative estimate of drug-likeness (QED) is 0.530. The van der Waals surface area contributed by atoms with Crippen LogP contribution >= 0.6 is 0 Å². The molecule has 0 spiro atoms. The van der Waals surface area contributed by atoms with Gasteiger partial charge in [0.25, 0.3) is 5.91 Å². The number of hydroxylamine groups is 1. The predicted octanol–water partition coefficient (Wildman–Crippen LogP) is 4.24. The van der Waals surface area contributed by atoms with Crippen LogP contribution < -0.4 is 10.4 Å². The molecular formula is C23H23N3O2. The van der Waals surface area contributed by atoms with E-state index in [1.807, 2.05) is 24.4 Å². The summed E-state index contributed by atoms with van der Waals surface area (Å²) < 4.78 is 0. The molecule has 0 aliphatic carbocycles. The van der Waals surface area contributed by atoms with Crippen LogP contribution in [0.25, 0.3) is 0 Å². The van der Waals surface area contributed by atoms with Crippen molar-refractivity contribution in [2.75, 3.05) is 4.90 Å². The van der Waals surface area contributed by atoms with E-state index in [-0.39, 0.29) is 11.5 Å². The zero-order chi connectivity index (χ0) is 19.7. The number of benzene rings is 2. The van der Waals surface area contributed by atoms with Gasteiger partial charge < -0.3 is 4.90 Å². The van der Waals surface area contributed by atoms with Gasteiger partial charge in [0.05, 0.1) is 6.04 Å². The van der Waals surface area contributed by atoms with E-state index in [1.165, 1.54) is 16.8 Å². The van der Waals surface area contributed by atoms with E-state index in [0.29, 0.717) is 12.1 Å². The number of rotatable bonds is 4. The van der Waals surface area contributed by atoms with Gasteiger partial charge in [0.1, 0.15) is 0 Å². The average molecular weight is 373 g/mol. The molecule has 0 bridgehead atoms. The summed E-state index contributed by atoms with van der Waals surface area (Å²) >= 11 is 0. The normalized spacial score (nSPS) is 17.2. The van der Waals surface area contributed by atoms with Crippen molar-refractivity contribution < 1.29 is 10.0 Å². The molecule has 1 aliphatic rings. The van der Waals surface area contributed by atoms with E-state index in [0.717, 1.165) is 5.56 Å². The molecule has 1 unspecified atom stereocenters. The van der Waals surface area contributed by atoms with Crippen LogP contribution in [0.1, 0.15) is 46.9 Å². The van der Waals surface area contributed by atoms with E-state index in [4.69, 9.17) is 5.21 Å². The molecule has 1 aromatic heterocycles. The molecule has 0 saturated carbocycles. The monoisotopic (exact) mass is 373 g/mol. The molecule has 0 fully saturated rings. The Bertz CT molecular complexity index is 984. The van der Waals surface area contributed by atoms with Gasteiger partial charge in [0, 0.05) is 35.6 Å². The number of carbonyl (C=O) groups is 1. The number of carbonyl (C=O) groups excluding carboxylic acids is 1. The third-order valence-corrected chi connectivity index (χ3v) is 5.57. The molecule has 2 heterocycles. The number of hydrogen-bond donors (Lipinski definition) is 2. The first kappa shape index (κ1) is 18.2. The van der Waals surface area contributed by atoms with Crippen LogP contribution in [0.15, 0.2) is 73.1 Å². The van der Waals surface area contributed by atoms with E-state index in [2.05, 4.69) is 54.1 Å². The molecule has 28 heavy (non-hydrogen) atoms. The van der Waals surface area contributed by atoms with Crippen molar-refractivity contribution in [1.82, 2.24) is 10.5 Å². The van der Waals surface area contributed by atoms with Crippen LogP contribution in [0.5, 0.6) is 0 Å². The minimum absolute atomic E-state index is 0.0731. The number of anilines is 1. The van der Waals surface area contributed by atoms with E-state index in [1.54, 1.807) is 23.8 Å². The van der Waals surface area contributed by atoms with Crippen molar-refractivity contribution in [2.45, 2.75) is 31.8 Å².